The summed E-state index contributed by atoms with van der Waals surface area (Å²) in [6.07, 6.45) is 1.88. The van der Waals surface area contributed by atoms with Crippen LogP contribution in [0.15, 0.2) is 16.0 Å². The Kier molecular flexibility index (Phi) is 4.73. The van der Waals surface area contributed by atoms with Crippen LogP contribution in [0, 0.1) is 6.92 Å². The average Bonchev–Trinajstić information content (AvgIpc) is 2.99. The van der Waals surface area contributed by atoms with Crippen molar-refractivity contribution in [2.24, 2.45) is 0 Å². The Morgan fingerprint density at radius 1 is 1.60 bits per heavy atom. The van der Waals surface area contributed by atoms with Gasteiger partial charge in [0.15, 0.2) is 5.13 Å². The van der Waals surface area contributed by atoms with Crippen molar-refractivity contribution in [3.63, 3.8) is 0 Å². The highest BCUT2D eigenvalue weighted by molar-refractivity contribution is 7.13. The molecule has 0 aliphatic heterocycles. The number of oxazole rings is 1. The van der Waals surface area contributed by atoms with Crippen LogP contribution in [0.5, 0.6) is 0 Å². The van der Waals surface area contributed by atoms with Crippen LogP contribution in [-0.2, 0) is 16.0 Å². The van der Waals surface area contributed by atoms with Crippen molar-refractivity contribution in [2.75, 3.05) is 11.9 Å². The van der Waals surface area contributed by atoms with Gasteiger partial charge in [-0.15, -0.1) is 11.3 Å². The summed E-state index contributed by atoms with van der Waals surface area (Å²) in [5, 5.41) is 5.77. The fraction of sp³-hybridized carbons (Fsp3) is 0.462. The lowest BCUT2D eigenvalue weighted by Crippen LogP contribution is -2.09. The van der Waals surface area contributed by atoms with E-state index in [9.17, 15) is 4.79 Å². The molecule has 0 aromatic carbocycles. The molecule has 0 bridgehead atoms. The van der Waals surface area contributed by atoms with Gasteiger partial charge in [-0.25, -0.2) is 9.97 Å². The normalized spacial score (nSPS) is 12.2. The van der Waals surface area contributed by atoms with Gasteiger partial charge >= 0.3 is 5.97 Å². The van der Waals surface area contributed by atoms with Gasteiger partial charge in [-0.3, -0.25) is 4.79 Å². The molecule has 6 nitrogen and oxygen atoms in total. The molecule has 0 aliphatic rings. The second-order valence-corrected chi connectivity index (χ2v) is 5.16. The molecule has 20 heavy (non-hydrogen) atoms. The van der Waals surface area contributed by atoms with Crippen LogP contribution >= 0.6 is 11.3 Å². The van der Waals surface area contributed by atoms with Gasteiger partial charge in [-0.05, 0) is 20.8 Å². The van der Waals surface area contributed by atoms with Crippen LogP contribution in [0.3, 0.4) is 0 Å². The van der Waals surface area contributed by atoms with Gasteiger partial charge < -0.3 is 14.5 Å². The largest absolute Gasteiger partial charge is 0.466 e. The zero-order chi connectivity index (χ0) is 14.5. The van der Waals surface area contributed by atoms with Crippen LogP contribution < -0.4 is 5.32 Å². The van der Waals surface area contributed by atoms with Gasteiger partial charge in [0.25, 0.3) is 0 Å². The summed E-state index contributed by atoms with van der Waals surface area (Å²) in [6, 6.07) is -0.0784. The van der Waals surface area contributed by atoms with Crippen LogP contribution in [0.25, 0.3) is 0 Å². The first-order valence-corrected chi connectivity index (χ1v) is 7.25. The number of aromatic nitrogens is 2. The molecule has 108 valence electrons. The number of anilines is 1. The molecule has 7 heteroatoms. The molecular weight excluding hydrogens is 278 g/mol. The molecule has 0 fully saturated rings. The fourth-order valence-electron chi connectivity index (χ4n) is 1.63. The van der Waals surface area contributed by atoms with E-state index in [0.29, 0.717) is 18.2 Å². The predicted octanol–water partition coefficient (Wildman–Crippen LogP) is 2.72. The summed E-state index contributed by atoms with van der Waals surface area (Å²) in [5.41, 5.74) is 0.701. The van der Waals surface area contributed by atoms with Gasteiger partial charge in [-0.1, -0.05) is 0 Å². The molecule has 2 aromatic rings. The van der Waals surface area contributed by atoms with E-state index in [4.69, 9.17) is 9.15 Å². The van der Waals surface area contributed by atoms with E-state index in [-0.39, 0.29) is 18.4 Å². The van der Waals surface area contributed by atoms with E-state index >= 15 is 0 Å². The Labute approximate surface area is 121 Å². The molecule has 0 amide bonds. The maximum atomic E-state index is 11.4. The molecular formula is C13H17N3O3S. The molecule has 0 aliphatic carbocycles. The lowest BCUT2D eigenvalue weighted by molar-refractivity contribution is -0.142. The number of rotatable bonds is 6. The van der Waals surface area contributed by atoms with Crippen LogP contribution in [0.2, 0.25) is 0 Å². The molecule has 2 aromatic heterocycles. The van der Waals surface area contributed by atoms with Crippen LogP contribution in [0.4, 0.5) is 5.13 Å². The zero-order valence-corrected chi connectivity index (χ0v) is 12.5. The number of nitrogens with one attached hydrogen (secondary N) is 1. The lowest BCUT2D eigenvalue weighted by atomic mass is 10.3. The van der Waals surface area contributed by atoms with E-state index in [1.807, 2.05) is 19.2 Å². The summed E-state index contributed by atoms with van der Waals surface area (Å²) in [4.78, 5) is 19.9. The number of hydrogen-bond donors (Lipinski definition) is 1. The number of nitrogens with zero attached hydrogens (tertiary/aromatic N) is 2. The minimum Gasteiger partial charge on any atom is -0.466 e. The number of ether oxygens (including phenoxy) is 1. The summed E-state index contributed by atoms with van der Waals surface area (Å²) in [6.45, 7) is 5.96. The molecule has 1 unspecified atom stereocenters. The Bertz CT molecular complexity index is 579. The van der Waals surface area contributed by atoms with Crippen molar-refractivity contribution in [3.05, 3.63) is 28.9 Å². The molecule has 0 saturated carbocycles. The van der Waals surface area contributed by atoms with E-state index < -0.39 is 0 Å². The van der Waals surface area contributed by atoms with Crippen molar-refractivity contribution in [1.82, 2.24) is 9.97 Å². The highest BCUT2D eigenvalue weighted by Gasteiger charge is 2.14. The summed E-state index contributed by atoms with van der Waals surface area (Å²) >= 11 is 1.44. The molecule has 1 atom stereocenters. The highest BCUT2D eigenvalue weighted by Crippen LogP contribution is 2.22. The maximum absolute atomic E-state index is 11.4. The first-order chi connectivity index (χ1) is 9.58. The average molecular weight is 295 g/mol. The van der Waals surface area contributed by atoms with E-state index in [1.165, 1.54) is 11.3 Å². The van der Waals surface area contributed by atoms with E-state index in [0.717, 1.165) is 10.9 Å². The molecule has 2 heterocycles. The Balaban J connectivity index is 1.94. The highest BCUT2D eigenvalue weighted by atomic mass is 32.1. The van der Waals surface area contributed by atoms with Crippen molar-refractivity contribution < 1.29 is 13.9 Å². The Morgan fingerprint density at radius 3 is 3.05 bits per heavy atom. The molecule has 0 radical (unpaired) electrons. The third kappa shape index (κ3) is 3.80. The van der Waals surface area contributed by atoms with Gasteiger partial charge in [0.2, 0.25) is 5.89 Å². The zero-order valence-electron chi connectivity index (χ0n) is 11.7. The standard InChI is InChI=1S/C13H17N3O3S/c1-4-18-11(17)5-10-7-20-13(16-10)15-9(3)12-14-6-8(2)19-12/h6-7,9H,4-5H2,1-3H3,(H,15,16). The first kappa shape index (κ1) is 14.5. The predicted molar refractivity (Wildman–Crippen MR) is 75.7 cm³/mol. The minimum atomic E-state index is -0.263. The van der Waals surface area contributed by atoms with Crippen LogP contribution in [0.1, 0.15) is 37.2 Å². The van der Waals surface area contributed by atoms with Gasteiger partial charge in [0.1, 0.15) is 11.8 Å². The number of carbonyl (C=O) groups excluding carboxylic acids is 1. The quantitative estimate of drug-likeness (QED) is 0.826. The fourth-order valence-corrected chi connectivity index (χ4v) is 2.43. The van der Waals surface area contributed by atoms with Gasteiger partial charge in [-0.2, -0.15) is 0 Å². The second kappa shape index (κ2) is 6.51. The Morgan fingerprint density at radius 2 is 2.40 bits per heavy atom. The number of carbonyl (C=O) groups is 1. The summed E-state index contributed by atoms with van der Waals surface area (Å²) < 4.78 is 10.3. The molecule has 2 rings (SSSR count). The third-order valence-electron chi connectivity index (χ3n) is 2.53. The van der Waals surface area contributed by atoms with Crippen molar-refractivity contribution >= 4 is 22.4 Å². The van der Waals surface area contributed by atoms with Crippen molar-refractivity contribution in [3.8, 4) is 0 Å². The summed E-state index contributed by atoms with van der Waals surface area (Å²) in [7, 11) is 0. The number of thiazole rings is 1. The number of hydrogen-bond acceptors (Lipinski definition) is 7. The number of aryl methyl sites for hydroxylation is 1. The minimum absolute atomic E-state index is 0.0784. The third-order valence-corrected chi connectivity index (χ3v) is 3.35. The smallest absolute Gasteiger partial charge is 0.311 e. The molecule has 1 N–H and O–H groups in total. The van der Waals surface area contributed by atoms with Gasteiger partial charge in [0.05, 0.1) is 24.9 Å². The van der Waals surface area contributed by atoms with Crippen LogP contribution in [-0.4, -0.2) is 22.5 Å². The topological polar surface area (TPSA) is 77.2 Å². The molecule has 0 spiro atoms. The second-order valence-electron chi connectivity index (χ2n) is 4.30. The molecule has 0 saturated heterocycles. The number of esters is 1. The Hall–Kier alpha value is -1.89. The van der Waals surface area contributed by atoms with E-state index in [1.54, 1.807) is 13.1 Å². The lowest BCUT2D eigenvalue weighted by Gasteiger charge is -2.08. The summed E-state index contributed by atoms with van der Waals surface area (Å²) in [5.74, 6) is 1.13. The monoisotopic (exact) mass is 295 g/mol. The van der Waals surface area contributed by atoms with Crippen molar-refractivity contribution in [1.29, 1.82) is 0 Å². The maximum Gasteiger partial charge on any atom is 0.311 e. The van der Waals surface area contributed by atoms with Gasteiger partial charge in [0, 0.05) is 5.38 Å². The first-order valence-electron chi connectivity index (χ1n) is 6.37. The van der Waals surface area contributed by atoms with E-state index in [2.05, 4.69) is 15.3 Å². The SMILES string of the molecule is CCOC(=O)Cc1csc(NC(C)c2ncc(C)o2)n1. The van der Waals surface area contributed by atoms with Crippen molar-refractivity contribution in [2.45, 2.75) is 33.2 Å².